The van der Waals surface area contributed by atoms with Crippen molar-refractivity contribution in [3.63, 3.8) is 0 Å². The Kier molecular flexibility index (Phi) is 4.23. The molecule has 1 aliphatic heterocycles. The van der Waals surface area contributed by atoms with Gasteiger partial charge in [0.1, 0.15) is 12.4 Å². The summed E-state index contributed by atoms with van der Waals surface area (Å²) in [5, 5.41) is 0. The molecule has 0 aliphatic carbocycles. The first-order chi connectivity index (χ1) is 8.27. The molecule has 1 heterocycles. The van der Waals surface area contributed by atoms with E-state index in [1.165, 1.54) is 12.1 Å². The summed E-state index contributed by atoms with van der Waals surface area (Å²) in [6.07, 6.45) is 1.65. The van der Waals surface area contributed by atoms with Crippen LogP contribution in [0, 0.1) is 5.82 Å². The van der Waals surface area contributed by atoms with Crippen molar-refractivity contribution in [1.29, 1.82) is 0 Å². The standard InChI is InChI=1S/C13H15FO3/c14-12-4-2-1-3-11(12)13(15)9-17-10-5-7-16-8-6-10/h1-4,10H,5-9H2. The number of carbonyl (C=O) groups is 1. The van der Waals surface area contributed by atoms with Crippen LogP contribution in [0.1, 0.15) is 23.2 Å². The maximum absolute atomic E-state index is 13.3. The summed E-state index contributed by atoms with van der Waals surface area (Å²) in [5.74, 6) is -0.803. The number of halogens is 1. The summed E-state index contributed by atoms with van der Waals surface area (Å²) >= 11 is 0. The van der Waals surface area contributed by atoms with Gasteiger partial charge in [0, 0.05) is 13.2 Å². The van der Waals surface area contributed by atoms with E-state index in [9.17, 15) is 9.18 Å². The molecule has 0 bridgehead atoms. The number of ether oxygens (including phenoxy) is 2. The molecule has 0 unspecified atom stereocenters. The molecule has 0 saturated carbocycles. The molecule has 17 heavy (non-hydrogen) atoms. The van der Waals surface area contributed by atoms with Crippen LogP contribution in [-0.2, 0) is 9.47 Å². The molecule has 0 aromatic heterocycles. The maximum atomic E-state index is 13.3. The van der Waals surface area contributed by atoms with Crippen LogP contribution in [0.4, 0.5) is 4.39 Å². The third kappa shape index (κ3) is 3.35. The number of rotatable bonds is 4. The summed E-state index contributed by atoms with van der Waals surface area (Å²) in [7, 11) is 0. The molecular weight excluding hydrogens is 223 g/mol. The van der Waals surface area contributed by atoms with E-state index in [1.54, 1.807) is 12.1 Å². The highest BCUT2D eigenvalue weighted by molar-refractivity contribution is 5.97. The molecule has 0 radical (unpaired) electrons. The fraction of sp³-hybridized carbons (Fsp3) is 0.462. The second kappa shape index (κ2) is 5.89. The van der Waals surface area contributed by atoms with E-state index in [0.717, 1.165) is 12.8 Å². The molecule has 1 aliphatic rings. The molecule has 1 aromatic rings. The molecule has 0 N–H and O–H groups in total. The molecular formula is C13H15FO3. The molecule has 0 amide bonds. The van der Waals surface area contributed by atoms with Gasteiger partial charge in [0.2, 0.25) is 0 Å². The monoisotopic (exact) mass is 238 g/mol. The lowest BCUT2D eigenvalue weighted by Crippen LogP contribution is -2.26. The molecule has 2 rings (SSSR count). The molecule has 0 atom stereocenters. The first-order valence-corrected chi connectivity index (χ1v) is 5.74. The second-order valence-electron chi connectivity index (χ2n) is 4.03. The van der Waals surface area contributed by atoms with Crippen molar-refractivity contribution in [3.8, 4) is 0 Å². The number of carbonyl (C=O) groups excluding carboxylic acids is 1. The highest BCUT2D eigenvalue weighted by atomic mass is 19.1. The average molecular weight is 238 g/mol. The third-order valence-corrected chi connectivity index (χ3v) is 2.79. The van der Waals surface area contributed by atoms with Gasteiger partial charge in [-0.15, -0.1) is 0 Å². The molecule has 1 fully saturated rings. The molecule has 3 nitrogen and oxygen atoms in total. The van der Waals surface area contributed by atoms with Gasteiger partial charge in [-0.1, -0.05) is 12.1 Å². The topological polar surface area (TPSA) is 35.5 Å². The summed E-state index contributed by atoms with van der Waals surface area (Å²) in [5.41, 5.74) is 0.0968. The predicted octanol–water partition coefficient (Wildman–Crippen LogP) is 2.20. The van der Waals surface area contributed by atoms with Crippen LogP contribution in [0.5, 0.6) is 0 Å². The van der Waals surface area contributed by atoms with E-state index >= 15 is 0 Å². The van der Waals surface area contributed by atoms with E-state index in [2.05, 4.69) is 0 Å². The highest BCUT2D eigenvalue weighted by Crippen LogP contribution is 2.12. The Bertz CT molecular complexity index is 386. The van der Waals surface area contributed by atoms with Crippen molar-refractivity contribution in [2.75, 3.05) is 19.8 Å². The zero-order chi connectivity index (χ0) is 12.1. The SMILES string of the molecule is O=C(COC1CCOCC1)c1ccccc1F. The van der Waals surface area contributed by atoms with Crippen LogP contribution in [0.25, 0.3) is 0 Å². The van der Waals surface area contributed by atoms with Crippen molar-refractivity contribution < 1.29 is 18.7 Å². The van der Waals surface area contributed by atoms with Gasteiger partial charge in [0.25, 0.3) is 0 Å². The molecule has 4 heteroatoms. The van der Waals surface area contributed by atoms with E-state index in [-0.39, 0.29) is 24.1 Å². The fourth-order valence-corrected chi connectivity index (χ4v) is 1.80. The number of benzene rings is 1. The van der Waals surface area contributed by atoms with Gasteiger partial charge in [-0.3, -0.25) is 4.79 Å². The van der Waals surface area contributed by atoms with E-state index in [1.807, 2.05) is 0 Å². The maximum Gasteiger partial charge on any atom is 0.191 e. The third-order valence-electron chi connectivity index (χ3n) is 2.79. The largest absolute Gasteiger partial charge is 0.381 e. The number of Topliss-reactive ketones (excluding diaryl/α,β-unsaturated/α-hetero) is 1. The van der Waals surface area contributed by atoms with Crippen LogP contribution >= 0.6 is 0 Å². The van der Waals surface area contributed by atoms with Crippen LogP contribution in [0.2, 0.25) is 0 Å². The predicted molar refractivity (Wildman–Crippen MR) is 60.5 cm³/mol. The van der Waals surface area contributed by atoms with Crippen molar-refractivity contribution in [3.05, 3.63) is 35.6 Å². The first-order valence-electron chi connectivity index (χ1n) is 5.74. The zero-order valence-electron chi connectivity index (χ0n) is 9.52. The molecule has 0 spiro atoms. The van der Waals surface area contributed by atoms with Crippen LogP contribution in [0.3, 0.4) is 0 Å². The molecule has 1 saturated heterocycles. The summed E-state index contributed by atoms with van der Waals surface area (Å²) in [4.78, 5) is 11.7. The van der Waals surface area contributed by atoms with Gasteiger partial charge >= 0.3 is 0 Å². The van der Waals surface area contributed by atoms with Gasteiger partial charge in [-0.25, -0.2) is 4.39 Å². The van der Waals surface area contributed by atoms with Gasteiger partial charge < -0.3 is 9.47 Å². The average Bonchev–Trinajstić information content (AvgIpc) is 2.38. The first kappa shape index (κ1) is 12.2. The lowest BCUT2D eigenvalue weighted by atomic mass is 10.1. The van der Waals surface area contributed by atoms with Crippen LogP contribution < -0.4 is 0 Å². The Labute approximate surface area is 99.5 Å². The van der Waals surface area contributed by atoms with Crippen molar-refractivity contribution in [2.24, 2.45) is 0 Å². The summed E-state index contributed by atoms with van der Waals surface area (Å²) in [6, 6.07) is 5.96. The number of hydrogen-bond donors (Lipinski definition) is 0. The normalized spacial score (nSPS) is 17.0. The van der Waals surface area contributed by atoms with Crippen molar-refractivity contribution >= 4 is 5.78 Å². The van der Waals surface area contributed by atoms with Crippen LogP contribution in [0.15, 0.2) is 24.3 Å². The summed E-state index contributed by atoms with van der Waals surface area (Å²) in [6.45, 7) is 1.27. The Hall–Kier alpha value is -1.26. The Morgan fingerprint density at radius 1 is 1.35 bits per heavy atom. The highest BCUT2D eigenvalue weighted by Gasteiger charge is 2.17. The Morgan fingerprint density at radius 2 is 2.06 bits per heavy atom. The Morgan fingerprint density at radius 3 is 2.76 bits per heavy atom. The van der Waals surface area contributed by atoms with Gasteiger partial charge in [0.15, 0.2) is 5.78 Å². The van der Waals surface area contributed by atoms with Crippen LogP contribution in [-0.4, -0.2) is 31.7 Å². The molecule has 1 aromatic carbocycles. The lowest BCUT2D eigenvalue weighted by molar-refractivity contribution is -0.0263. The number of ketones is 1. The quantitative estimate of drug-likeness (QED) is 0.754. The molecule has 92 valence electrons. The minimum atomic E-state index is -0.493. The number of hydrogen-bond acceptors (Lipinski definition) is 3. The fourth-order valence-electron chi connectivity index (χ4n) is 1.80. The van der Waals surface area contributed by atoms with Crippen molar-refractivity contribution in [1.82, 2.24) is 0 Å². The summed E-state index contributed by atoms with van der Waals surface area (Å²) < 4.78 is 24.0. The van der Waals surface area contributed by atoms with E-state index in [4.69, 9.17) is 9.47 Å². The Balaban J connectivity index is 1.87. The lowest BCUT2D eigenvalue weighted by Gasteiger charge is -2.21. The van der Waals surface area contributed by atoms with Crippen molar-refractivity contribution in [2.45, 2.75) is 18.9 Å². The zero-order valence-corrected chi connectivity index (χ0v) is 9.52. The minimum Gasteiger partial charge on any atom is -0.381 e. The second-order valence-corrected chi connectivity index (χ2v) is 4.03. The van der Waals surface area contributed by atoms with E-state index < -0.39 is 5.82 Å². The smallest absolute Gasteiger partial charge is 0.191 e. The van der Waals surface area contributed by atoms with Gasteiger partial charge in [0.05, 0.1) is 11.7 Å². The van der Waals surface area contributed by atoms with Gasteiger partial charge in [-0.05, 0) is 25.0 Å². The van der Waals surface area contributed by atoms with E-state index in [0.29, 0.717) is 13.2 Å². The minimum absolute atomic E-state index is 0.0551. The van der Waals surface area contributed by atoms with Gasteiger partial charge in [-0.2, -0.15) is 0 Å².